The van der Waals surface area contributed by atoms with E-state index < -0.39 is 74.3 Å². The van der Waals surface area contributed by atoms with Crippen molar-refractivity contribution in [2.75, 3.05) is 11.9 Å². The first-order chi connectivity index (χ1) is 26.7. The number of alkyl halides is 2. The second kappa shape index (κ2) is 17.0. The predicted octanol–water partition coefficient (Wildman–Crippen LogP) is 6.13. The maximum Gasteiger partial charge on any atom is 0.509 e. The molecular weight excluding hydrogens is 761 g/mol. The highest BCUT2D eigenvalue weighted by Gasteiger charge is 2.63. The first kappa shape index (κ1) is 40.0. The third-order valence-corrected chi connectivity index (χ3v) is 9.91. The van der Waals surface area contributed by atoms with Crippen LogP contribution < -0.4 is 20.6 Å². The normalized spacial score (nSPS) is 22.0. The van der Waals surface area contributed by atoms with Crippen LogP contribution in [0.25, 0.3) is 0 Å². The molecular formula is C37H37F2N4O12P. The van der Waals surface area contributed by atoms with Crippen LogP contribution >= 0.6 is 7.75 Å². The minimum Gasteiger partial charge on any atom is -0.458 e. The second-order valence-corrected chi connectivity index (χ2v) is 14.9. The van der Waals surface area contributed by atoms with Gasteiger partial charge in [-0.2, -0.15) is 18.9 Å². The molecule has 6 rings (SSSR count). The van der Waals surface area contributed by atoms with Crippen LogP contribution in [0.2, 0.25) is 0 Å². The molecule has 2 N–H and O–H groups in total. The van der Waals surface area contributed by atoms with E-state index in [1.807, 2.05) is 0 Å². The number of amides is 1. The number of para-hydroxylation sites is 1. The van der Waals surface area contributed by atoms with E-state index >= 15 is 8.78 Å². The standard InChI is InChI=1S/C37H37F2N4O12P/c1-36(2)20-27(31(44)54-36)42-56(48,55-26-16-10-5-11-17-26)51-23-28-30(53-35(47)50-22-25-14-8-4-9-15-25)37(38,39)32(52-28)43-19-18-29(40-33(43)45)41-34(46)49-21-24-12-6-3-7-13-24/h3-19,27-28,30,32H,20-23H2,1-2H3,(H,42,48)(H,40,41,45,46)/t27?,28-,30-,32?,56?/m1/s1. The fourth-order valence-corrected chi connectivity index (χ4v) is 7.26. The van der Waals surface area contributed by atoms with Crippen LogP contribution in [0.15, 0.2) is 108 Å². The topological polar surface area (TPSA) is 192 Å². The quantitative estimate of drug-likeness (QED) is 0.0841. The number of benzene rings is 3. The van der Waals surface area contributed by atoms with Gasteiger partial charge < -0.3 is 28.2 Å². The van der Waals surface area contributed by atoms with Gasteiger partial charge in [-0.05, 0) is 43.2 Å². The minimum absolute atomic E-state index is 0.0390. The molecule has 5 atom stereocenters. The minimum atomic E-state index is -4.62. The summed E-state index contributed by atoms with van der Waals surface area (Å²) in [5.74, 6) is -5.21. The molecule has 2 saturated heterocycles. The molecule has 1 aromatic heterocycles. The Hall–Kier alpha value is -5.68. The SMILES string of the molecule is CC1(C)CC(NP(=O)(OC[C@H]2OC(n3ccc(NC(=O)OCc4ccccc4)nc3=O)C(F)(F)[C@@H]2OC(=O)OCc2ccccc2)Oc2ccccc2)C(=O)O1. The highest BCUT2D eigenvalue weighted by molar-refractivity contribution is 7.52. The molecule has 2 fully saturated rings. The van der Waals surface area contributed by atoms with Gasteiger partial charge in [-0.3, -0.25) is 19.2 Å². The smallest absolute Gasteiger partial charge is 0.458 e. The molecule has 16 nitrogen and oxygen atoms in total. The second-order valence-electron chi connectivity index (χ2n) is 13.2. The third kappa shape index (κ3) is 10.1. The number of hydrogen-bond acceptors (Lipinski definition) is 13. The Morgan fingerprint density at radius 1 is 0.911 bits per heavy atom. The molecule has 1 amide bonds. The van der Waals surface area contributed by atoms with E-state index in [4.69, 9.17) is 32.7 Å². The van der Waals surface area contributed by atoms with Gasteiger partial charge in [0.2, 0.25) is 12.3 Å². The molecule has 3 heterocycles. The summed E-state index contributed by atoms with van der Waals surface area (Å²) in [4.78, 5) is 54.6. The lowest BCUT2D eigenvalue weighted by atomic mass is 10.0. The Morgan fingerprint density at radius 2 is 1.52 bits per heavy atom. The Kier molecular flexibility index (Phi) is 12.1. The zero-order chi connectivity index (χ0) is 39.9. The van der Waals surface area contributed by atoms with Crippen molar-refractivity contribution >= 4 is 31.8 Å². The molecule has 296 valence electrons. The number of cyclic esters (lactones) is 1. The number of hydrogen-bond donors (Lipinski definition) is 2. The Balaban J connectivity index is 1.22. The summed E-state index contributed by atoms with van der Waals surface area (Å²) in [6.07, 6.45) is -8.41. The fraction of sp³-hybridized carbons (Fsp3) is 0.324. The first-order valence-corrected chi connectivity index (χ1v) is 18.7. The van der Waals surface area contributed by atoms with E-state index in [0.717, 1.165) is 12.3 Å². The number of halogens is 2. The number of carbonyl (C=O) groups excluding carboxylic acids is 3. The molecule has 0 spiro atoms. The number of esters is 1. The molecule has 3 aromatic carbocycles. The molecule has 3 unspecified atom stereocenters. The number of anilines is 1. The van der Waals surface area contributed by atoms with Crippen molar-refractivity contribution in [1.82, 2.24) is 14.6 Å². The molecule has 0 bridgehead atoms. The third-order valence-electron chi connectivity index (χ3n) is 8.35. The van der Waals surface area contributed by atoms with E-state index in [2.05, 4.69) is 15.4 Å². The number of nitrogens with zero attached hydrogens (tertiary/aromatic N) is 2. The maximum absolute atomic E-state index is 16.3. The van der Waals surface area contributed by atoms with E-state index in [-0.39, 0.29) is 31.2 Å². The molecule has 0 aliphatic carbocycles. The molecule has 0 saturated carbocycles. The summed E-state index contributed by atoms with van der Waals surface area (Å²) >= 11 is 0. The van der Waals surface area contributed by atoms with Crippen LogP contribution in [-0.2, 0) is 50.8 Å². The zero-order valence-electron chi connectivity index (χ0n) is 29.9. The van der Waals surface area contributed by atoms with Crippen molar-refractivity contribution in [2.45, 2.75) is 69.5 Å². The summed E-state index contributed by atoms with van der Waals surface area (Å²) in [6.45, 7) is 1.88. The zero-order valence-corrected chi connectivity index (χ0v) is 30.8. The van der Waals surface area contributed by atoms with Crippen molar-refractivity contribution in [3.63, 3.8) is 0 Å². The predicted molar refractivity (Wildman–Crippen MR) is 191 cm³/mol. The van der Waals surface area contributed by atoms with Crippen LogP contribution in [0.1, 0.15) is 37.6 Å². The van der Waals surface area contributed by atoms with Crippen molar-refractivity contribution in [3.05, 3.63) is 125 Å². The van der Waals surface area contributed by atoms with Gasteiger partial charge in [0.15, 0.2) is 0 Å². The Bertz CT molecular complexity index is 2110. The molecule has 4 aromatic rings. The van der Waals surface area contributed by atoms with Gasteiger partial charge in [-0.15, -0.1) is 0 Å². The van der Waals surface area contributed by atoms with Gasteiger partial charge >= 0.3 is 37.6 Å². The summed E-state index contributed by atoms with van der Waals surface area (Å²) in [5, 5.41) is 4.78. The van der Waals surface area contributed by atoms with Crippen molar-refractivity contribution in [1.29, 1.82) is 0 Å². The lowest BCUT2D eigenvalue weighted by Gasteiger charge is -2.25. The number of ether oxygens (including phenoxy) is 5. The van der Waals surface area contributed by atoms with Gasteiger partial charge in [0.05, 0.1) is 6.61 Å². The largest absolute Gasteiger partial charge is 0.509 e. The lowest BCUT2D eigenvalue weighted by Crippen LogP contribution is -2.45. The van der Waals surface area contributed by atoms with Crippen molar-refractivity contribution in [3.8, 4) is 5.75 Å². The number of rotatable bonds is 14. The van der Waals surface area contributed by atoms with Gasteiger partial charge in [0, 0.05) is 12.6 Å². The number of aromatic nitrogens is 2. The molecule has 2 aliphatic heterocycles. The van der Waals surface area contributed by atoms with E-state index in [9.17, 15) is 23.7 Å². The average molecular weight is 799 g/mol. The molecule has 19 heteroatoms. The van der Waals surface area contributed by atoms with Gasteiger partial charge in [-0.25, -0.2) is 18.9 Å². The monoisotopic (exact) mass is 798 g/mol. The summed E-state index contributed by atoms with van der Waals surface area (Å²) in [7, 11) is -4.62. The number of nitrogens with one attached hydrogen (secondary N) is 2. The van der Waals surface area contributed by atoms with E-state index in [0.29, 0.717) is 15.7 Å². The van der Waals surface area contributed by atoms with Crippen LogP contribution in [-0.4, -0.2) is 64.1 Å². The van der Waals surface area contributed by atoms with Crippen LogP contribution in [0.5, 0.6) is 5.75 Å². The average Bonchev–Trinajstić information content (AvgIpc) is 3.57. The Morgan fingerprint density at radius 3 is 2.11 bits per heavy atom. The van der Waals surface area contributed by atoms with Crippen LogP contribution in [0, 0.1) is 0 Å². The highest BCUT2D eigenvalue weighted by Crippen LogP contribution is 2.49. The number of carbonyl (C=O) groups is 3. The summed E-state index contributed by atoms with van der Waals surface area (Å²) in [6, 6.07) is 24.7. The summed E-state index contributed by atoms with van der Waals surface area (Å²) < 4.78 is 84.8. The van der Waals surface area contributed by atoms with E-state index in [1.165, 1.54) is 12.1 Å². The van der Waals surface area contributed by atoms with Gasteiger partial charge in [-0.1, -0.05) is 78.9 Å². The molecule has 0 radical (unpaired) electrons. The van der Waals surface area contributed by atoms with Crippen molar-refractivity contribution < 1.29 is 60.5 Å². The van der Waals surface area contributed by atoms with Gasteiger partial charge in [0.25, 0.3) is 0 Å². The van der Waals surface area contributed by atoms with E-state index in [1.54, 1.807) is 92.7 Å². The first-order valence-electron chi connectivity index (χ1n) is 17.2. The summed E-state index contributed by atoms with van der Waals surface area (Å²) in [5.41, 5.74) is -0.991. The fourth-order valence-electron chi connectivity index (χ4n) is 5.76. The highest BCUT2D eigenvalue weighted by atomic mass is 31.2. The van der Waals surface area contributed by atoms with Crippen molar-refractivity contribution in [2.24, 2.45) is 0 Å². The lowest BCUT2D eigenvalue weighted by molar-refractivity contribution is -0.147. The van der Waals surface area contributed by atoms with Gasteiger partial charge in [0.1, 0.15) is 42.5 Å². The van der Waals surface area contributed by atoms with Crippen LogP contribution in [0.4, 0.5) is 24.2 Å². The molecule has 2 aliphatic rings. The molecule has 56 heavy (non-hydrogen) atoms. The van der Waals surface area contributed by atoms with Crippen LogP contribution in [0.3, 0.4) is 0 Å². The maximum atomic E-state index is 16.3. The Labute approximate surface area is 318 Å².